The smallest absolute Gasteiger partial charge is 0.220 e. The third kappa shape index (κ3) is 7.24. The number of amides is 1. The van der Waals surface area contributed by atoms with Crippen LogP contribution >= 0.6 is 23.2 Å². The Morgan fingerprint density at radius 3 is 2.54 bits per heavy atom. The molecule has 0 aliphatic carbocycles. The van der Waals surface area contributed by atoms with Gasteiger partial charge in [-0.05, 0) is 37.1 Å². The Bertz CT molecular complexity index is 1720. The maximum Gasteiger partial charge on any atom is 0.220 e. The van der Waals surface area contributed by atoms with Gasteiger partial charge in [-0.1, -0.05) is 41.4 Å². The summed E-state index contributed by atoms with van der Waals surface area (Å²) in [6.07, 6.45) is 5.76. The molecule has 0 bridgehead atoms. The van der Waals surface area contributed by atoms with Crippen molar-refractivity contribution < 1.29 is 18.7 Å². The SMILES string of the molecule is COc1nc(-c2ccnc(-c3cccc(Nc4nccc(CNC[C@@H]5CCO5)c4F)c3Cl)c2Cl)ccc1CNC[C@@H]1CCC(=O)N1. The summed E-state index contributed by atoms with van der Waals surface area (Å²) in [5.41, 5.74) is 4.06. The van der Waals surface area contributed by atoms with E-state index < -0.39 is 5.82 Å². The molecule has 13 heteroatoms. The van der Waals surface area contributed by atoms with Crippen LogP contribution in [0.4, 0.5) is 15.9 Å². The Morgan fingerprint density at radius 2 is 1.78 bits per heavy atom. The van der Waals surface area contributed by atoms with Crippen LogP contribution < -0.4 is 26.0 Å². The first-order valence-corrected chi connectivity index (χ1v) is 15.9. The van der Waals surface area contributed by atoms with Gasteiger partial charge in [-0.25, -0.2) is 14.4 Å². The number of nitrogens with zero attached hydrogens (tertiary/aromatic N) is 3. The Hall–Kier alpha value is -3.87. The number of carbonyl (C=O) groups excluding carboxylic acids is 1. The minimum Gasteiger partial charge on any atom is -0.481 e. The van der Waals surface area contributed by atoms with E-state index in [4.69, 9.17) is 37.7 Å². The number of hydrogen-bond donors (Lipinski definition) is 4. The number of aromatic nitrogens is 3. The van der Waals surface area contributed by atoms with Gasteiger partial charge in [0.2, 0.25) is 11.8 Å². The van der Waals surface area contributed by atoms with Gasteiger partial charge in [0.15, 0.2) is 11.6 Å². The summed E-state index contributed by atoms with van der Waals surface area (Å²) >= 11 is 13.8. The second-order valence-corrected chi connectivity index (χ2v) is 11.9. The quantitative estimate of drug-likeness (QED) is 0.143. The van der Waals surface area contributed by atoms with Crippen molar-refractivity contribution in [3.8, 4) is 28.4 Å². The molecule has 4 aromatic rings. The van der Waals surface area contributed by atoms with E-state index in [2.05, 4.69) is 31.2 Å². The molecule has 0 unspecified atom stereocenters. The van der Waals surface area contributed by atoms with E-state index in [1.165, 1.54) is 0 Å². The first-order chi connectivity index (χ1) is 22.4. The molecule has 6 rings (SSSR count). The predicted octanol–water partition coefficient (Wildman–Crippen LogP) is 5.65. The Kier molecular flexibility index (Phi) is 10.3. The van der Waals surface area contributed by atoms with Crippen LogP contribution in [0.25, 0.3) is 22.5 Å². The van der Waals surface area contributed by atoms with Crippen LogP contribution in [0.1, 0.15) is 30.4 Å². The van der Waals surface area contributed by atoms with Crippen LogP contribution in [0.3, 0.4) is 0 Å². The van der Waals surface area contributed by atoms with Gasteiger partial charge >= 0.3 is 0 Å². The molecule has 3 aromatic heterocycles. The van der Waals surface area contributed by atoms with E-state index >= 15 is 4.39 Å². The molecule has 0 spiro atoms. The van der Waals surface area contributed by atoms with Crippen molar-refractivity contribution in [2.45, 2.75) is 44.5 Å². The fourth-order valence-electron chi connectivity index (χ4n) is 5.43. The minimum atomic E-state index is -0.465. The normalized spacial score (nSPS) is 17.4. The Morgan fingerprint density at radius 1 is 0.978 bits per heavy atom. The highest BCUT2D eigenvalue weighted by atomic mass is 35.5. The van der Waals surface area contributed by atoms with Crippen molar-refractivity contribution in [1.29, 1.82) is 0 Å². The zero-order valence-electron chi connectivity index (χ0n) is 25.2. The van der Waals surface area contributed by atoms with Crippen LogP contribution in [-0.4, -0.2) is 59.8 Å². The van der Waals surface area contributed by atoms with E-state index in [1.807, 2.05) is 12.1 Å². The number of hydrogen-bond acceptors (Lipinski definition) is 9. The van der Waals surface area contributed by atoms with Crippen molar-refractivity contribution in [1.82, 2.24) is 30.9 Å². The number of benzene rings is 1. The Labute approximate surface area is 276 Å². The van der Waals surface area contributed by atoms with Crippen molar-refractivity contribution in [3.63, 3.8) is 0 Å². The number of halogens is 3. The summed E-state index contributed by atoms with van der Waals surface area (Å²) in [6.45, 7) is 2.97. The lowest BCUT2D eigenvalue weighted by Crippen LogP contribution is -2.37. The van der Waals surface area contributed by atoms with Gasteiger partial charge < -0.3 is 30.7 Å². The summed E-state index contributed by atoms with van der Waals surface area (Å²) in [5, 5.41) is 13.3. The highest BCUT2D eigenvalue weighted by molar-refractivity contribution is 6.39. The van der Waals surface area contributed by atoms with E-state index in [-0.39, 0.29) is 23.9 Å². The molecular formula is C33H34Cl2FN7O3. The molecule has 1 aromatic carbocycles. The average molecular weight is 667 g/mol. The molecule has 0 saturated carbocycles. The lowest BCUT2D eigenvalue weighted by atomic mass is 10.1. The molecule has 0 radical (unpaired) electrons. The van der Waals surface area contributed by atoms with Crippen LogP contribution in [0, 0.1) is 5.82 Å². The number of anilines is 2. The molecule has 46 heavy (non-hydrogen) atoms. The molecular weight excluding hydrogens is 632 g/mol. The van der Waals surface area contributed by atoms with E-state index in [0.717, 1.165) is 25.0 Å². The van der Waals surface area contributed by atoms with Gasteiger partial charge in [0, 0.05) is 79.9 Å². The van der Waals surface area contributed by atoms with Gasteiger partial charge in [-0.3, -0.25) is 9.78 Å². The van der Waals surface area contributed by atoms with Crippen molar-refractivity contribution in [3.05, 3.63) is 81.8 Å². The molecule has 2 fully saturated rings. The zero-order valence-corrected chi connectivity index (χ0v) is 26.7. The monoisotopic (exact) mass is 665 g/mol. The Balaban J connectivity index is 1.19. The number of ether oxygens (including phenoxy) is 2. The summed E-state index contributed by atoms with van der Waals surface area (Å²) in [4.78, 5) is 24.9. The molecule has 2 atom stereocenters. The van der Waals surface area contributed by atoms with E-state index in [9.17, 15) is 4.79 Å². The molecule has 2 aliphatic rings. The minimum absolute atomic E-state index is 0.0601. The van der Waals surface area contributed by atoms with E-state index in [0.29, 0.717) is 82.3 Å². The predicted molar refractivity (Wildman–Crippen MR) is 176 cm³/mol. The first-order valence-electron chi connectivity index (χ1n) is 15.1. The molecule has 2 saturated heterocycles. The van der Waals surface area contributed by atoms with Crippen molar-refractivity contribution in [2.24, 2.45) is 0 Å². The zero-order chi connectivity index (χ0) is 32.0. The van der Waals surface area contributed by atoms with E-state index in [1.54, 1.807) is 49.8 Å². The van der Waals surface area contributed by atoms with Gasteiger partial charge in [-0.2, -0.15) is 0 Å². The highest BCUT2D eigenvalue weighted by Crippen LogP contribution is 2.41. The average Bonchev–Trinajstić information content (AvgIpc) is 3.46. The molecule has 2 aliphatic heterocycles. The summed E-state index contributed by atoms with van der Waals surface area (Å²) < 4.78 is 26.4. The summed E-state index contributed by atoms with van der Waals surface area (Å²) in [6, 6.07) is 12.7. The standard InChI is InChI=1S/C33H34Cl2FN7O3/c1-45-33-20(16-37-17-21-6-8-27(44)41-21)5-7-25(43-33)23-10-13-39-31(29(23)35)24-3-2-4-26(28(24)34)42-32-30(36)19(9-12-40-32)15-38-18-22-11-14-46-22/h2-5,7,9-10,12-13,21-22,37-38H,6,8,11,14-18H2,1H3,(H,40,42)(H,41,44)/t21-,22-/m0/s1. The molecule has 1 amide bonds. The highest BCUT2D eigenvalue weighted by Gasteiger charge is 2.22. The second kappa shape index (κ2) is 14.7. The third-order valence-corrected chi connectivity index (χ3v) is 8.84. The molecule has 240 valence electrons. The largest absolute Gasteiger partial charge is 0.481 e. The van der Waals surface area contributed by atoms with Gasteiger partial charge in [0.25, 0.3) is 0 Å². The number of methoxy groups -OCH3 is 1. The van der Waals surface area contributed by atoms with Crippen LogP contribution in [0.5, 0.6) is 5.88 Å². The van der Waals surface area contributed by atoms with Gasteiger partial charge in [-0.15, -0.1) is 0 Å². The first kappa shape index (κ1) is 32.1. The molecule has 4 N–H and O–H groups in total. The van der Waals surface area contributed by atoms with Crippen LogP contribution in [0.2, 0.25) is 10.0 Å². The van der Waals surface area contributed by atoms with Crippen LogP contribution in [-0.2, 0) is 22.6 Å². The number of nitrogens with one attached hydrogen (secondary N) is 4. The summed E-state index contributed by atoms with van der Waals surface area (Å²) in [7, 11) is 1.57. The number of pyridine rings is 3. The fourth-order valence-corrected chi connectivity index (χ4v) is 6.00. The number of carbonyl (C=O) groups is 1. The van der Waals surface area contributed by atoms with Gasteiger partial charge in [0.1, 0.15) is 0 Å². The fraction of sp³-hybridized carbons (Fsp3) is 0.333. The lowest BCUT2D eigenvalue weighted by Gasteiger charge is -2.26. The third-order valence-electron chi connectivity index (χ3n) is 8.05. The van der Waals surface area contributed by atoms with Crippen molar-refractivity contribution >= 4 is 40.6 Å². The maximum absolute atomic E-state index is 15.4. The summed E-state index contributed by atoms with van der Waals surface area (Å²) in [5.74, 6) is 0.142. The number of rotatable bonds is 13. The molecule has 10 nitrogen and oxygen atoms in total. The van der Waals surface area contributed by atoms with Gasteiger partial charge in [0.05, 0.1) is 40.3 Å². The lowest BCUT2D eigenvalue weighted by molar-refractivity contribution is -0.119. The second-order valence-electron chi connectivity index (χ2n) is 11.2. The maximum atomic E-state index is 15.4. The molecule has 5 heterocycles. The van der Waals surface area contributed by atoms with Crippen molar-refractivity contribution in [2.75, 3.05) is 32.1 Å². The van der Waals surface area contributed by atoms with Crippen LogP contribution in [0.15, 0.2) is 54.9 Å². The topological polar surface area (TPSA) is 122 Å².